The number of piperidine rings is 1. The zero-order chi connectivity index (χ0) is 36.6. The zero-order valence-corrected chi connectivity index (χ0v) is 30.2. The molecule has 9 rings (SSSR count). The molecule has 53 heavy (non-hydrogen) atoms. The molecule has 1 saturated carbocycles. The Kier molecular flexibility index (Phi) is 8.38. The summed E-state index contributed by atoms with van der Waals surface area (Å²) in [4.78, 5) is 19.0. The topological polar surface area (TPSA) is 112 Å². The molecule has 2 aromatic carbocycles. The number of terminal acetylenes is 1. The largest absolute Gasteiger partial charge is 0.508 e. The zero-order valence-electron chi connectivity index (χ0n) is 30.2. The summed E-state index contributed by atoms with van der Waals surface area (Å²) in [7, 11) is 1.45. The van der Waals surface area contributed by atoms with Gasteiger partial charge in [-0.05, 0) is 76.1 Å². The lowest BCUT2D eigenvalue weighted by atomic mass is 9.75. The molecule has 1 aliphatic carbocycles. The average Bonchev–Trinajstić information content (AvgIpc) is 3.95. The van der Waals surface area contributed by atoms with Crippen LogP contribution in [0.25, 0.3) is 32.9 Å². The molecule has 6 heterocycles. The third-order valence-electron chi connectivity index (χ3n) is 11.9. The molecule has 2 bridgehead atoms. The van der Waals surface area contributed by atoms with Crippen LogP contribution in [0.15, 0.2) is 24.3 Å². The Balaban J connectivity index is 1.13. The molecule has 4 saturated heterocycles. The molecular weight excluding hydrogens is 684 g/mol. The summed E-state index contributed by atoms with van der Waals surface area (Å²) >= 11 is 0. The number of aromatic nitrogens is 3. The molecule has 5 aliphatic rings. The lowest BCUT2D eigenvalue weighted by Gasteiger charge is -2.46. The van der Waals surface area contributed by atoms with Gasteiger partial charge in [0.2, 0.25) is 5.88 Å². The van der Waals surface area contributed by atoms with Crippen LogP contribution in [-0.2, 0) is 14.2 Å². The first kappa shape index (κ1) is 34.4. The normalized spacial score (nSPS) is 27.8. The van der Waals surface area contributed by atoms with E-state index in [0.29, 0.717) is 49.0 Å². The van der Waals surface area contributed by atoms with E-state index in [2.05, 4.69) is 20.7 Å². The van der Waals surface area contributed by atoms with Crippen molar-refractivity contribution in [2.24, 2.45) is 5.41 Å². The van der Waals surface area contributed by atoms with Crippen LogP contribution in [-0.4, -0.2) is 102 Å². The fourth-order valence-corrected chi connectivity index (χ4v) is 9.67. The van der Waals surface area contributed by atoms with Crippen molar-refractivity contribution in [3.63, 3.8) is 0 Å². The van der Waals surface area contributed by atoms with E-state index < -0.39 is 17.4 Å². The summed E-state index contributed by atoms with van der Waals surface area (Å²) in [5, 5.41) is 11.7. The fraction of sp³-hybridized carbons (Fsp3) is 0.525. The second kappa shape index (κ2) is 12.9. The van der Waals surface area contributed by atoms with Crippen LogP contribution in [0.3, 0.4) is 0 Å². The van der Waals surface area contributed by atoms with E-state index in [-0.39, 0.29) is 69.0 Å². The molecule has 0 unspecified atom stereocenters. The standard InChI is InChI=1S/C40H43F2N5O6/c1-5-27-29(41)10-9-22-14-24(48)16-28(31(22)27)34-33(42)35-32(37(43-34)49-4)36(47-18-25-15-23(47)19-50-25)45-38(44-35)51-21-40-11-6-8-30(40)46(13-7-12-40)17-26-20-52-39(2,3)53-26/h1,9-10,14,16,23,25-26,30,48H,6-8,11-13,15,17-21H2,2-4H3/t23-,25-,26-,30-,40-/m1/s1. The molecule has 5 fully saturated rings. The number of anilines is 1. The van der Waals surface area contributed by atoms with Gasteiger partial charge in [0.15, 0.2) is 11.6 Å². The number of fused-ring (bicyclic) bond motifs is 5. The van der Waals surface area contributed by atoms with Gasteiger partial charge in [-0.1, -0.05) is 18.4 Å². The first-order valence-corrected chi connectivity index (χ1v) is 18.5. The van der Waals surface area contributed by atoms with E-state index in [4.69, 9.17) is 40.1 Å². The van der Waals surface area contributed by atoms with Crippen LogP contribution in [0.5, 0.6) is 17.6 Å². The van der Waals surface area contributed by atoms with E-state index in [1.54, 1.807) is 0 Å². The van der Waals surface area contributed by atoms with Crippen molar-refractivity contribution in [3.05, 3.63) is 41.5 Å². The first-order valence-electron chi connectivity index (χ1n) is 18.5. The predicted molar refractivity (Wildman–Crippen MR) is 193 cm³/mol. The number of rotatable bonds is 8. The lowest BCUT2D eigenvalue weighted by molar-refractivity contribution is -0.143. The second-order valence-corrected chi connectivity index (χ2v) is 15.6. The third-order valence-corrected chi connectivity index (χ3v) is 11.9. The monoisotopic (exact) mass is 727 g/mol. The number of likely N-dealkylation sites (tertiary alicyclic amines) is 1. The van der Waals surface area contributed by atoms with Gasteiger partial charge in [0.25, 0.3) is 0 Å². The Bertz CT molecular complexity index is 2160. The maximum Gasteiger partial charge on any atom is 0.319 e. The molecule has 1 N–H and O–H groups in total. The summed E-state index contributed by atoms with van der Waals surface area (Å²) in [6.45, 7) is 7.71. The van der Waals surface area contributed by atoms with Gasteiger partial charge >= 0.3 is 6.01 Å². The molecule has 13 heteroatoms. The summed E-state index contributed by atoms with van der Waals surface area (Å²) in [5.74, 6) is 0.749. The number of hydrogen-bond donors (Lipinski definition) is 1. The predicted octanol–water partition coefficient (Wildman–Crippen LogP) is 5.96. The summed E-state index contributed by atoms with van der Waals surface area (Å²) in [5.41, 5.74) is -0.338. The van der Waals surface area contributed by atoms with Crippen molar-refractivity contribution in [2.75, 3.05) is 51.5 Å². The minimum absolute atomic E-state index is 0.00563. The maximum atomic E-state index is 17.2. The van der Waals surface area contributed by atoms with Crippen molar-refractivity contribution < 1.29 is 37.6 Å². The minimum Gasteiger partial charge on any atom is -0.508 e. The van der Waals surface area contributed by atoms with Crippen LogP contribution in [0, 0.1) is 29.4 Å². The number of morpholine rings is 1. The van der Waals surface area contributed by atoms with Crippen molar-refractivity contribution in [1.29, 1.82) is 0 Å². The lowest BCUT2D eigenvalue weighted by Crippen LogP contribution is -2.54. The van der Waals surface area contributed by atoms with Crippen molar-refractivity contribution in [1.82, 2.24) is 19.9 Å². The van der Waals surface area contributed by atoms with E-state index in [1.165, 1.54) is 31.4 Å². The Morgan fingerprint density at radius 2 is 1.94 bits per heavy atom. The number of pyridine rings is 1. The number of halogens is 2. The number of methoxy groups -OCH3 is 1. The van der Waals surface area contributed by atoms with Crippen LogP contribution >= 0.6 is 0 Å². The van der Waals surface area contributed by atoms with E-state index in [1.807, 2.05) is 13.8 Å². The van der Waals surface area contributed by atoms with Crippen molar-refractivity contribution in [3.8, 4) is 41.2 Å². The van der Waals surface area contributed by atoms with E-state index in [9.17, 15) is 5.11 Å². The molecule has 0 amide bonds. The number of hydrogen-bond acceptors (Lipinski definition) is 11. The average molecular weight is 728 g/mol. The highest BCUT2D eigenvalue weighted by Crippen LogP contribution is 2.49. The van der Waals surface area contributed by atoms with Crippen LogP contribution in [0.4, 0.5) is 14.6 Å². The summed E-state index contributed by atoms with van der Waals surface area (Å²) < 4.78 is 62.7. The van der Waals surface area contributed by atoms with Gasteiger partial charge < -0.3 is 33.7 Å². The first-order chi connectivity index (χ1) is 25.6. The van der Waals surface area contributed by atoms with Crippen molar-refractivity contribution >= 4 is 27.5 Å². The van der Waals surface area contributed by atoms with E-state index >= 15 is 8.78 Å². The number of ether oxygens (including phenoxy) is 5. The molecular formula is C40H43F2N5O6. The van der Waals surface area contributed by atoms with Gasteiger partial charge in [-0.25, -0.2) is 13.8 Å². The maximum absolute atomic E-state index is 17.2. The van der Waals surface area contributed by atoms with Gasteiger partial charge in [0.1, 0.15) is 34.0 Å². The smallest absolute Gasteiger partial charge is 0.319 e. The fourth-order valence-electron chi connectivity index (χ4n) is 9.67. The minimum atomic E-state index is -0.795. The number of phenolic OH excluding ortho intramolecular Hbond substituents is 1. The Morgan fingerprint density at radius 1 is 1.09 bits per heavy atom. The highest BCUT2D eigenvalue weighted by molar-refractivity contribution is 6.04. The molecule has 4 aliphatic heterocycles. The van der Waals surface area contributed by atoms with Crippen LogP contribution in [0.1, 0.15) is 57.9 Å². The van der Waals surface area contributed by atoms with Gasteiger partial charge in [-0.2, -0.15) is 9.97 Å². The van der Waals surface area contributed by atoms with Gasteiger partial charge in [0, 0.05) is 35.5 Å². The molecule has 11 nitrogen and oxygen atoms in total. The number of nitrogens with zero attached hydrogens (tertiary/aromatic N) is 5. The molecule has 278 valence electrons. The van der Waals surface area contributed by atoms with Gasteiger partial charge in [-0.15, -0.1) is 6.42 Å². The highest BCUT2D eigenvalue weighted by atomic mass is 19.1. The highest BCUT2D eigenvalue weighted by Gasteiger charge is 2.50. The SMILES string of the molecule is C#Cc1c(F)ccc2cc(O)cc(-c3nc(OC)c4c(N5C[C@H]6C[C@@H]5CO6)nc(OC[C@]56CCC[C@H]5N(C[C@@H]5COC(C)(C)O5)CCC6)nc4c3F)c12. The Labute approximate surface area is 306 Å². The third kappa shape index (κ3) is 5.82. The quantitative estimate of drug-likeness (QED) is 0.217. The van der Waals surface area contributed by atoms with Crippen LogP contribution in [0.2, 0.25) is 0 Å². The number of phenols is 1. The van der Waals surface area contributed by atoms with E-state index in [0.717, 1.165) is 51.6 Å². The number of benzene rings is 2. The van der Waals surface area contributed by atoms with Gasteiger partial charge in [-0.3, -0.25) is 4.90 Å². The molecule has 2 aromatic heterocycles. The van der Waals surface area contributed by atoms with Gasteiger partial charge in [0.05, 0.1) is 50.7 Å². The molecule has 0 spiro atoms. The summed E-state index contributed by atoms with van der Waals surface area (Å²) in [6, 6.07) is 5.87. The second-order valence-electron chi connectivity index (χ2n) is 15.6. The molecule has 0 radical (unpaired) electrons. The summed E-state index contributed by atoms with van der Waals surface area (Å²) in [6.07, 6.45) is 11.8. The van der Waals surface area contributed by atoms with Crippen LogP contribution < -0.4 is 14.4 Å². The Morgan fingerprint density at radius 3 is 2.68 bits per heavy atom. The molecule has 4 aromatic rings. The Hall–Kier alpha value is -4.35. The van der Waals surface area contributed by atoms with Crippen molar-refractivity contribution in [2.45, 2.75) is 82.5 Å². The number of aromatic hydroxyl groups is 1. The molecule has 5 atom stereocenters.